The van der Waals surface area contributed by atoms with E-state index in [-0.39, 0.29) is 35.9 Å². The summed E-state index contributed by atoms with van der Waals surface area (Å²) in [5.74, 6) is 0.487. The Labute approximate surface area is 166 Å². The van der Waals surface area contributed by atoms with Gasteiger partial charge in [-0.1, -0.05) is 44.2 Å². The highest BCUT2D eigenvalue weighted by atomic mass is 32.2. The van der Waals surface area contributed by atoms with Crippen molar-refractivity contribution in [3.05, 3.63) is 59.7 Å². The summed E-state index contributed by atoms with van der Waals surface area (Å²) >= 11 is 0. The number of carbonyl (C=O) groups is 1. The number of benzene rings is 2. The molecule has 0 aliphatic carbocycles. The quantitative estimate of drug-likeness (QED) is 0.806. The van der Waals surface area contributed by atoms with Gasteiger partial charge in [0.1, 0.15) is 5.75 Å². The number of amides is 1. The van der Waals surface area contributed by atoms with Crippen molar-refractivity contribution in [1.29, 1.82) is 0 Å². The van der Waals surface area contributed by atoms with Gasteiger partial charge in [0.25, 0.3) is 0 Å². The van der Waals surface area contributed by atoms with Gasteiger partial charge in [-0.2, -0.15) is 4.31 Å². The van der Waals surface area contributed by atoms with Crippen molar-refractivity contribution in [3.63, 3.8) is 0 Å². The summed E-state index contributed by atoms with van der Waals surface area (Å²) in [6, 6.07) is 14.3. The number of nitrogens with zero attached hydrogens (tertiary/aromatic N) is 1. The largest absolute Gasteiger partial charge is 0.496 e. The van der Waals surface area contributed by atoms with Gasteiger partial charge in [-0.25, -0.2) is 8.42 Å². The first-order valence-electron chi connectivity index (χ1n) is 9.32. The molecule has 1 amide bonds. The van der Waals surface area contributed by atoms with Gasteiger partial charge in [-0.3, -0.25) is 4.79 Å². The first kappa shape index (κ1) is 20.4. The van der Waals surface area contributed by atoms with E-state index in [0.717, 1.165) is 11.1 Å². The van der Waals surface area contributed by atoms with Gasteiger partial charge in [0.05, 0.1) is 18.6 Å². The van der Waals surface area contributed by atoms with Crippen LogP contribution in [0.15, 0.2) is 53.4 Å². The molecule has 3 rings (SSSR count). The zero-order chi connectivity index (χ0) is 20.3. The molecule has 1 saturated heterocycles. The minimum Gasteiger partial charge on any atom is -0.496 e. The van der Waals surface area contributed by atoms with Gasteiger partial charge >= 0.3 is 0 Å². The van der Waals surface area contributed by atoms with Gasteiger partial charge in [0.15, 0.2) is 0 Å². The molecule has 0 spiro atoms. The summed E-state index contributed by atoms with van der Waals surface area (Å²) in [5, 5.41) is 2.90. The van der Waals surface area contributed by atoms with Gasteiger partial charge in [0, 0.05) is 12.6 Å². The number of hydrogen-bond donors (Lipinski definition) is 1. The van der Waals surface area contributed by atoms with E-state index >= 15 is 0 Å². The highest BCUT2D eigenvalue weighted by Gasteiger charge is 2.34. The Bertz CT molecular complexity index is 942. The molecule has 1 atom stereocenters. The van der Waals surface area contributed by atoms with E-state index in [9.17, 15) is 13.2 Å². The van der Waals surface area contributed by atoms with Crippen LogP contribution >= 0.6 is 0 Å². The van der Waals surface area contributed by atoms with Crippen molar-refractivity contribution in [2.45, 2.75) is 37.1 Å². The Balaban J connectivity index is 1.86. The number of ether oxygens (including phenoxy) is 1. The normalized spacial score (nSPS) is 18.1. The molecule has 1 aliphatic heterocycles. The van der Waals surface area contributed by atoms with Crippen LogP contribution in [-0.4, -0.2) is 44.9 Å². The van der Waals surface area contributed by atoms with Crippen molar-refractivity contribution in [2.75, 3.05) is 20.2 Å². The number of carbonyl (C=O) groups excluding carboxylic acids is 1. The van der Waals surface area contributed by atoms with Crippen LogP contribution in [0.5, 0.6) is 5.75 Å². The lowest BCUT2D eigenvalue weighted by Crippen LogP contribution is -2.56. The third-order valence-corrected chi connectivity index (χ3v) is 6.70. The number of sulfonamides is 1. The van der Waals surface area contributed by atoms with E-state index < -0.39 is 10.0 Å². The zero-order valence-corrected chi connectivity index (χ0v) is 17.2. The standard InChI is InChI=1S/C21H26N2O4S/c1-15(2)19-12-18(9-10-20(19)27-3)28(25,26)23-13-17(22-21(24)14-23)11-16-7-5-4-6-8-16/h4-10,12,15,17H,11,13-14H2,1-3H3,(H,22,24)/t17-/m0/s1. The average Bonchev–Trinajstić information content (AvgIpc) is 2.67. The maximum atomic E-state index is 13.2. The molecule has 0 aromatic heterocycles. The highest BCUT2D eigenvalue weighted by molar-refractivity contribution is 7.89. The third kappa shape index (κ3) is 4.36. The van der Waals surface area contributed by atoms with Crippen molar-refractivity contribution in [3.8, 4) is 5.75 Å². The van der Waals surface area contributed by atoms with Crippen LogP contribution in [0, 0.1) is 0 Å². The van der Waals surface area contributed by atoms with Gasteiger partial charge in [-0.15, -0.1) is 0 Å². The monoisotopic (exact) mass is 402 g/mol. The summed E-state index contributed by atoms with van der Waals surface area (Å²) in [4.78, 5) is 12.4. The molecular formula is C21H26N2O4S. The molecule has 6 nitrogen and oxygen atoms in total. The first-order chi connectivity index (χ1) is 13.3. The first-order valence-corrected chi connectivity index (χ1v) is 10.8. The molecule has 0 saturated carbocycles. The van der Waals surface area contributed by atoms with Crippen molar-refractivity contribution < 1.29 is 17.9 Å². The fraction of sp³-hybridized carbons (Fsp3) is 0.381. The van der Waals surface area contributed by atoms with E-state index in [1.54, 1.807) is 25.3 Å². The van der Waals surface area contributed by atoms with Crippen molar-refractivity contribution in [1.82, 2.24) is 9.62 Å². The predicted octanol–water partition coefficient (Wildman–Crippen LogP) is 2.55. The number of nitrogens with one attached hydrogen (secondary N) is 1. The smallest absolute Gasteiger partial charge is 0.243 e. The fourth-order valence-electron chi connectivity index (χ4n) is 3.46. The van der Waals surface area contributed by atoms with E-state index in [1.165, 1.54) is 4.31 Å². The van der Waals surface area contributed by atoms with Crippen LogP contribution in [0.2, 0.25) is 0 Å². The molecule has 28 heavy (non-hydrogen) atoms. The number of hydrogen-bond acceptors (Lipinski definition) is 4. The number of rotatable bonds is 6. The molecule has 0 bridgehead atoms. The number of piperazine rings is 1. The molecule has 0 radical (unpaired) electrons. The van der Waals surface area contributed by atoms with Crippen LogP contribution in [0.4, 0.5) is 0 Å². The van der Waals surface area contributed by atoms with Crippen LogP contribution in [-0.2, 0) is 21.2 Å². The summed E-state index contributed by atoms with van der Waals surface area (Å²) in [5.41, 5.74) is 1.88. The van der Waals surface area contributed by atoms with E-state index in [1.807, 2.05) is 44.2 Å². The van der Waals surface area contributed by atoms with Crippen molar-refractivity contribution >= 4 is 15.9 Å². The zero-order valence-electron chi connectivity index (χ0n) is 16.4. The maximum Gasteiger partial charge on any atom is 0.243 e. The lowest BCUT2D eigenvalue weighted by molar-refractivity contribution is -0.123. The lowest BCUT2D eigenvalue weighted by atomic mass is 10.0. The predicted molar refractivity (Wildman–Crippen MR) is 108 cm³/mol. The van der Waals surface area contributed by atoms with E-state index in [4.69, 9.17) is 4.74 Å². The second kappa shape index (κ2) is 8.32. The Kier molecular flexibility index (Phi) is 6.05. The molecule has 2 aromatic rings. The van der Waals surface area contributed by atoms with Crippen LogP contribution in [0.3, 0.4) is 0 Å². The minimum atomic E-state index is -3.78. The molecule has 2 aromatic carbocycles. The van der Waals surface area contributed by atoms with Crippen LogP contribution < -0.4 is 10.1 Å². The molecular weight excluding hydrogens is 376 g/mol. The summed E-state index contributed by atoms with van der Waals surface area (Å²) < 4.78 is 33.0. The Morgan fingerprint density at radius 1 is 1.18 bits per heavy atom. The molecule has 1 fully saturated rings. The lowest BCUT2D eigenvalue weighted by Gasteiger charge is -2.32. The second-order valence-electron chi connectivity index (χ2n) is 7.31. The van der Waals surface area contributed by atoms with E-state index in [2.05, 4.69) is 5.32 Å². The van der Waals surface area contributed by atoms with Crippen LogP contribution in [0.1, 0.15) is 30.9 Å². The maximum absolute atomic E-state index is 13.2. The van der Waals surface area contributed by atoms with Gasteiger partial charge < -0.3 is 10.1 Å². The SMILES string of the molecule is COc1ccc(S(=O)(=O)N2CC(=O)N[C@@H](Cc3ccccc3)C2)cc1C(C)C. The second-order valence-corrected chi connectivity index (χ2v) is 9.25. The molecule has 1 heterocycles. The Morgan fingerprint density at radius 2 is 1.89 bits per heavy atom. The Hall–Kier alpha value is -2.38. The fourth-order valence-corrected chi connectivity index (χ4v) is 4.94. The topological polar surface area (TPSA) is 75.7 Å². The number of methoxy groups -OCH3 is 1. The van der Waals surface area contributed by atoms with E-state index in [0.29, 0.717) is 12.2 Å². The summed E-state index contributed by atoms with van der Waals surface area (Å²) in [6.07, 6.45) is 0.582. The Morgan fingerprint density at radius 3 is 2.54 bits per heavy atom. The molecule has 7 heteroatoms. The molecule has 1 aliphatic rings. The molecule has 0 unspecified atom stereocenters. The minimum absolute atomic E-state index is 0.112. The van der Waals surface area contributed by atoms with Gasteiger partial charge in [-0.05, 0) is 41.7 Å². The van der Waals surface area contributed by atoms with Gasteiger partial charge in [0.2, 0.25) is 15.9 Å². The molecule has 150 valence electrons. The average molecular weight is 403 g/mol. The summed E-state index contributed by atoms with van der Waals surface area (Å²) in [6.45, 7) is 4.04. The summed E-state index contributed by atoms with van der Waals surface area (Å²) in [7, 11) is -2.22. The van der Waals surface area contributed by atoms with Crippen molar-refractivity contribution in [2.24, 2.45) is 0 Å². The third-order valence-electron chi connectivity index (χ3n) is 4.89. The highest BCUT2D eigenvalue weighted by Crippen LogP contribution is 2.30. The molecule has 1 N–H and O–H groups in total. The van der Waals surface area contributed by atoms with Crippen LogP contribution in [0.25, 0.3) is 0 Å².